The molecule has 0 aliphatic rings. The Morgan fingerprint density at radius 1 is 1.17 bits per heavy atom. The average molecular weight is 413 g/mol. The molecule has 2 amide bonds. The van der Waals surface area contributed by atoms with Crippen molar-refractivity contribution in [3.8, 4) is 5.75 Å². The minimum atomic E-state index is -0.866. The van der Waals surface area contributed by atoms with Crippen LogP contribution in [0.4, 0.5) is 4.39 Å². The first kappa shape index (κ1) is 21.2. The summed E-state index contributed by atoms with van der Waals surface area (Å²) in [5, 5.41) is 4.42. The van der Waals surface area contributed by atoms with Crippen molar-refractivity contribution in [3.63, 3.8) is 0 Å². The monoisotopic (exact) mass is 413 g/mol. The third-order valence-electron chi connectivity index (χ3n) is 4.71. The van der Waals surface area contributed by atoms with Crippen molar-refractivity contribution < 1.29 is 18.7 Å². The van der Waals surface area contributed by atoms with Crippen LogP contribution in [0.15, 0.2) is 30.3 Å². The summed E-state index contributed by atoms with van der Waals surface area (Å²) in [6.07, 6.45) is -0.235. The number of rotatable bonds is 6. The number of hydrogen-bond donors (Lipinski definition) is 2. The van der Waals surface area contributed by atoms with E-state index >= 15 is 0 Å². The van der Waals surface area contributed by atoms with Crippen LogP contribution in [0, 0.1) is 26.6 Å². The fraction of sp³-hybridized carbons (Fsp3) is 0.333. The van der Waals surface area contributed by atoms with Gasteiger partial charge in [-0.1, -0.05) is 0 Å². The van der Waals surface area contributed by atoms with Crippen molar-refractivity contribution in [2.45, 2.75) is 46.6 Å². The smallest absolute Gasteiger partial charge is 0.279 e. The van der Waals surface area contributed by atoms with Gasteiger partial charge in [-0.2, -0.15) is 5.10 Å². The van der Waals surface area contributed by atoms with Gasteiger partial charge in [0, 0.05) is 23.9 Å². The first-order valence-electron chi connectivity index (χ1n) is 9.58. The van der Waals surface area contributed by atoms with Gasteiger partial charge in [0.15, 0.2) is 11.8 Å². The van der Waals surface area contributed by atoms with Crippen LogP contribution in [0.1, 0.15) is 36.0 Å². The quantitative estimate of drug-likeness (QED) is 0.605. The number of nitrogens with zero attached hydrogens (tertiary/aromatic N) is 3. The van der Waals surface area contributed by atoms with Crippen LogP contribution in [0.3, 0.4) is 0 Å². The summed E-state index contributed by atoms with van der Waals surface area (Å²) in [6, 6.07) is 7.23. The molecule has 1 atom stereocenters. The zero-order valence-electron chi connectivity index (χ0n) is 17.3. The lowest BCUT2D eigenvalue weighted by Crippen LogP contribution is -2.47. The molecule has 9 heteroatoms. The van der Waals surface area contributed by atoms with Gasteiger partial charge in [-0.15, -0.1) is 0 Å². The van der Waals surface area contributed by atoms with E-state index in [-0.39, 0.29) is 12.3 Å². The Hall–Kier alpha value is -3.49. The lowest BCUT2D eigenvalue weighted by molar-refractivity contribution is -0.132. The van der Waals surface area contributed by atoms with Crippen LogP contribution >= 0.6 is 0 Å². The number of ether oxygens (including phenoxy) is 1. The van der Waals surface area contributed by atoms with Gasteiger partial charge in [-0.3, -0.25) is 20.4 Å². The molecule has 3 rings (SSSR count). The molecule has 0 saturated heterocycles. The largest absolute Gasteiger partial charge is 0.481 e. The molecule has 2 N–H and O–H groups in total. The Morgan fingerprint density at radius 2 is 1.87 bits per heavy atom. The van der Waals surface area contributed by atoms with Gasteiger partial charge in [-0.25, -0.2) is 13.9 Å². The highest BCUT2D eigenvalue weighted by molar-refractivity contribution is 5.84. The second-order valence-electron chi connectivity index (χ2n) is 7.07. The minimum Gasteiger partial charge on any atom is -0.481 e. The van der Waals surface area contributed by atoms with Gasteiger partial charge >= 0.3 is 0 Å². The zero-order valence-corrected chi connectivity index (χ0v) is 17.3. The number of nitrogens with one attached hydrogen (secondary N) is 2. The van der Waals surface area contributed by atoms with Gasteiger partial charge in [0.25, 0.3) is 5.91 Å². The van der Waals surface area contributed by atoms with E-state index in [0.717, 1.165) is 28.3 Å². The molecular formula is C21H24FN5O3. The lowest BCUT2D eigenvalue weighted by atomic mass is 10.1. The fourth-order valence-corrected chi connectivity index (χ4v) is 3.11. The number of hydrazine groups is 1. The van der Waals surface area contributed by atoms with Gasteiger partial charge in [0.05, 0.1) is 5.69 Å². The predicted octanol–water partition coefficient (Wildman–Crippen LogP) is 2.34. The topological polar surface area (TPSA) is 97.6 Å². The number of fused-ring (bicyclic) bond motifs is 1. The number of carbonyl (C=O) groups is 2. The van der Waals surface area contributed by atoms with Crippen LogP contribution in [0.2, 0.25) is 0 Å². The van der Waals surface area contributed by atoms with E-state index in [2.05, 4.69) is 20.9 Å². The standard InChI is InChI=1S/C21H24FN5O3/c1-12-11-19-23-13(2)18(14(3)27(19)26-12)9-10-20(28)24-25-21(29)15(4)30-17-7-5-16(22)6-8-17/h5-8,11,15H,9-10H2,1-4H3,(H,24,28)(H,25,29). The zero-order chi connectivity index (χ0) is 21.8. The summed E-state index contributed by atoms with van der Waals surface area (Å²) in [6.45, 7) is 7.28. The molecule has 0 aliphatic carbocycles. The summed E-state index contributed by atoms with van der Waals surface area (Å²) < 4.78 is 20.1. The highest BCUT2D eigenvalue weighted by Gasteiger charge is 2.16. The summed E-state index contributed by atoms with van der Waals surface area (Å²) in [5.74, 6) is -0.898. The lowest BCUT2D eigenvalue weighted by Gasteiger charge is -2.15. The van der Waals surface area contributed by atoms with Crippen molar-refractivity contribution >= 4 is 17.5 Å². The summed E-state index contributed by atoms with van der Waals surface area (Å²) in [4.78, 5) is 28.8. The van der Waals surface area contributed by atoms with E-state index in [1.165, 1.54) is 31.2 Å². The van der Waals surface area contributed by atoms with Crippen LogP contribution in [0.25, 0.3) is 5.65 Å². The summed E-state index contributed by atoms with van der Waals surface area (Å²) >= 11 is 0. The predicted molar refractivity (Wildman–Crippen MR) is 108 cm³/mol. The van der Waals surface area contributed by atoms with Crippen LogP contribution in [-0.2, 0) is 16.0 Å². The Balaban J connectivity index is 1.51. The molecule has 3 aromatic rings. The van der Waals surface area contributed by atoms with E-state index in [1.807, 2.05) is 26.8 Å². The molecule has 8 nitrogen and oxygen atoms in total. The van der Waals surface area contributed by atoms with Crippen LogP contribution in [0.5, 0.6) is 5.75 Å². The van der Waals surface area contributed by atoms with E-state index in [1.54, 1.807) is 4.52 Å². The van der Waals surface area contributed by atoms with E-state index in [9.17, 15) is 14.0 Å². The minimum absolute atomic E-state index is 0.169. The van der Waals surface area contributed by atoms with Gasteiger partial charge in [-0.05, 0) is 63.9 Å². The summed E-state index contributed by atoms with van der Waals surface area (Å²) in [7, 11) is 0. The van der Waals surface area contributed by atoms with E-state index in [0.29, 0.717) is 12.2 Å². The number of benzene rings is 1. The second kappa shape index (κ2) is 8.89. The fourth-order valence-electron chi connectivity index (χ4n) is 3.11. The number of amides is 2. The maximum Gasteiger partial charge on any atom is 0.279 e. The van der Waals surface area contributed by atoms with E-state index in [4.69, 9.17) is 4.74 Å². The highest BCUT2D eigenvalue weighted by Crippen LogP contribution is 2.17. The number of carbonyl (C=O) groups excluding carboxylic acids is 2. The maximum atomic E-state index is 12.9. The Morgan fingerprint density at radius 3 is 2.57 bits per heavy atom. The number of aryl methyl sites for hydroxylation is 3. The van der Waals surface area contributed by atoms with E-state index < -0.39 is 17.8 Å². The number of hydrogen-bond acceptors (Lipinski definition) is 5. The summed E-state index contributed by atoms with van der Waals surface area (Å²) in [5.41, 5.74) is 9.10. The van der Waals surface area contributed by atoms with Crippen molar-refractivity contribution in [1.82, 2.24) is 25.4 Å². The van der Waals surface area contributed by atoms with Gasteiger partial charge in [0.1, 0.15) is 11.6 Å². The number of halogens is 1. The Kier molecular flexibility index (Phi) is 6.29. The second-order valence-corrected chi connectivity index (χ2v) is 7.07. The molecular weight excluding hydrogens is 389 g/mol. The molecule has 2 heterocycles. The molecule has 30 heavy (non-hydrogen) atoms. The normalized spacial score (nSPS) is 11.9. The van der Waals surface area contributed by atoms with Crippen molar-refractivity contribution in [3.05, 3.63) is 58.8 Å². The maximum absolute atomic E-state index is 12.9. The Bertz CT molecular complexity index is 1080. The highest BCUT2D eigenvalue weighted by atomic mass is 19.1. The van der Waals surface area contributed by atoms with Crippen molar-refractivity contribution in [2.75, 3.05) is 0 Å². The first-order chi connectivity index (χ1) is 14.2. The molecule has 0 bridgehead atoms. The molecule has 0 radical (unpaired) electrons. The first-order valence-corrected chi connectivity index (χ1v) is 9.58. The van der Waals surface area contributed by atoms with Crippen LogP contribution in [-0.4, -0.2) is 32.5 Å². The molecule has 1 unspecified atom stereocenters. The third kappa shape index (κ3) is 4.91. The van der Waals surface area contributed by atoms with Gasteiger partial charge < -0.3 is 4.74 Å². The van der Waals surface area contributed by atoms with Crippen molar-refractivity contribution in [2.24, 2.45) is 0 Å². The molecule has 0 aliphatic heterocycles. The molecule has 0 fully saturated rings. The molecule has 2 aromatic heterocycles. The third-order valence-corrected chi connectivity index (χ3v) is 4.71. The van der Waals surface area contributed by atoms with Crippen LogP contribution < -0.4 is 15.6 Å². The molecule has 1 aromatic carbocycles. The molecule has 0 spiro atoms. The number of aromatic nitrogens is 3. The van der Waals surface area contributed by atoms with Gasteiger partial charge in [0.2, 0.25) is 5.91 Å². The Labute approximate surface area is 173 Å². The molecule has 158 valence electrons. The molecule has 0 saturated carbocycles. The average Bonchev–Trinajstić information content (AvgIpc) is 3.07. The SMILES string of the molecule is Cc1cc2nc(C)c(CCC(=O)NNC(=O)C(C)Oc3ccc(F)cc3)c(C)n2n1. The van der Waals surface area contributed by atoms with Crippen molar-refractivity contribution in [1.29, 1.82) is 0 Å².